The summed E-state index contributed by atoms with van der Waals surface area (Å²) in [7, 11) is 0. The van der Waals surface area contributed by atoms with Crippen molar-refractivity contribution in [3.63, 3.8) is 0 Å². The molecule has 0 saturated carbocycles. The lowest BCUT2D eigenvalue weighted by molar-refractivity contribution is -0.140. The van der Waals surface area contributed by atoms with Crippen LogP contribution in [-0.2, 0) is 11.2 Å². The number of nitrogens with zero attached hydrogens (tertiary/aromatic N) is 1. The van der Waals surface area contributed by atoms with Crippen molar-refractivity contribution >= 4 is 17.7 Å². The highest BCUT2D eigenvalue weighted by atomic mass is 32.2. The smallest absolute Gasteiger partial charge is 0.319 e. The first kappa shape index (κ1) is 11.5. The zero-order valence-electron chi connectivity index (χ0n) is 9.06. The maximum Gasteiger partial charge on any atom is 0.319 e. The number of rotatable bonds is 4. The van der Waals surface area contributed by atoms with Gasteiger partial charge in [-0.25, -0.2) is 0 Å². The summed E-state index contributed by atoms with van der Waals surface area (Å²) in [6.45, 7) is 0. The minimum atomic E-state index is -0.661. The standard InChI is InChI=1S/C12H15NO2S/c14-11(15)12(6-3-9-16-12)7-5-10-4-1-2-8-13-10/h1-2,4,8H,3,5-7,9H2,(H,14,15). The summed E-state index contributed by atoms with van der Waals surface area (Å²) < 4.78 is -0.558. The first-order valence-corrected chi connectivity index (χ1v) is 6.49. The molecule has 2 heterocycles. The zero-order valence-corrected chi connectivity index (χ0v) is 9.87. The molecule has 1 aromatic heterocycles. The van der Waals surface area contributed by atoms with E-state index in [0.717, 1.165) is 30.7 Å². The van der Waals surface area contributed by atoms with Crippen LogP contribution in [0.25, 0.3) is 0 Å². The molecule has 3 nitrogen and oxygen atoms in total. The number of aliphatic carboxylic acids is 1. The summed E-state index contributed by atoms with van der Waals surface area (Å²) >= 11 is 1.59. The van der Waals surface area contributed by atoms with Crippen LogP contribution in [0.5, 0.6) is 0 Å². The van der Waals surface area contributed by atoms with Gasteiger partial charge in [-0.2, -0.15) is 0 Å². The molecular formula is C12H15NO2S. The van der Waals surface area contributed by atoms with E-state index in [1.54, 1.807) is 18.0 Å². The third-order valence-corrected chi connectivity index (χ3v) is 4.63. The van der Waals surface area contributed by atoms with Gasteiger partial charge in [0.1, 0.15) is 4.75 Å². The molecule has 0 bridgehead atoms. The van der Waals surface area contributed by atoms with Crippen molar-refractivity contribution in [3.8, 4) is 0 Å². The molecule has 1 unspecified atom stereocenters. The van der Waals surface area contributed by atoms with Crippen molar-refractivity contribution in [1.29, 1.82) is 0 Å². The molecule has 86 valence electrons. The third kappa shape index (κ3) is 2.38. The molecule has 1 aliphatic heterocycles. The molecule has 1 aliphatic rings. The average Bonchev–Trinajstić information content (AvgIpc) is 2.78. The highest BCUT2D eigenvalue weighted by molar-refractivity contribution is 8.01. The van der Waals surface area contributed by atoms with Crippen LogP contribution in [0.1, 0.15) is 25.0 Å². The maximum atomic E-state index is 11.3. The quantitative estimate of drug-likeness (QED) is 0.873. The lowest BCUT2D eigenvalue weighted by Gasteiger charge is -2.22. The lowest BCUT2D eigenvalue weighted by atomic mass is 9.96. The minimum absolute atomic E-state index is 0.558. The van der Waals surface area contributed by atoms with Gasteiger partial charge >= 0.3 is 5.97 Å². The molecular weight excluding hydrogens is 222 g/mol. The predicted molar refractivity (Wildman–Crippen MR) is 64.6 cm³/mol. The number of pyridine rings is 1. The van der Waals surface area contributed by atoms with E-state index in [2.05, 4.69) is 4.98 Å². The van der Waals surface area contributed by atoms with E-state index in [1.807, 2.05) is 18.2 Å². The summed E-state index contributed by atoms with van der Waals surface area (Å²) in [6, 6.07) is 5.77. The Labute approximate surface area is 99.3 Å². The van der Waals surface area contributed by atoms with Crippen LogP contribution < -0.4 is 0 Å². The van der Waals surface area contributed by atoms with Crippen molar-refractivity contribution in [2.75, 3.05) is 5.75 Å². The highest BCUT2D eigenvalue weighted by Gasteiger charge is 2.41. The number of hydrogen-bond donors (Lipinski definition) is 1. The second kappa shape index (κ2) is 4.87. The van der Waals surface area contributed by atoms with Gasteiger partial charge in [-0.15, -0.1) is 11.8 Å². The van der Waals surface area contributed by atoms with Gasteiger partial charge in [0.25, 0.3) is 0 Å². The Balaban J connectivity index is 2.00. The monoisotopic (exact) mass is 237 g/mol. The van der Waals surface area contributed by atoms with Crippen molar-refractivity contribution in [2.45, 2.75) is 30.4 Å². The largest absolute Gasteiger partial charge is 0.480 e. The number of carboxylic acids is 1. The summed E-state index contributed by atoms with van der Waals surface area (Å²) in [5.41, 5.74) is 0.982. The summed E-state index contributed by atoms with van der Waals surface area (Å²) in [5.74, 6) is 0.306. The van der Waals surface area contributed by atoms with Crippen molar-refractivity contribution in [1.82, 2.24) is 4.98 Å². The molecule has 1 aromatic rings. The Bertz CT molecular complexity index is 361. The van der Waals surface area contributed by atoms with Gasteiger partial charge in [0.15, 0.2) is 0 Å². The van der Waals surface area contributed by atoms with E-state index in [0.29, 0.717) is 6.42 Å². The molecule has 0 aromatic carbocycles. The van der Waals surface area contributed by atoms with E-state index in [-0.39, 0.29) is 0 Å². The second-order valence-corrected chi connectivity index (χ2v) is 5.55. The zero-order chi connectivity index (χ0) is 11.4. The van der Waals surface area contributed by atoms with Crippen LogP contribution in [0.4, 0.5) is 0 Å². The van der Waals surface area contributed by atoms with Gasteiger partial charge in [0, 0.05) is 11.9 Å². The summed E-state index contributed by atoms with van der Waals surface area (Å²) in [6.07, 6.45) is 4.99. The fourth-order valence-corrected chi connectivity index (χ4v) is 3.38. The predicted octanol–water partition coefficient (Wildman–Crippen LogP) is 2.36. The highest BCUT2D eigenvalue weighted by Crippen LogP contribution is 2.41. The van der Waals surface area contributed by atoms with Crippen LogP contribution >= 0.6 is 11.8 Å². The van der Waals surface area contributed by atoms with Gasteiger partial charge < -0.3 is 5.11 Å². The molecule has 1 N–H and O–H groups in total. The average molecular weight is 237 g/mol. The van der Waals surface area contributed by atoms with Gasteiger partial charge in [-0.3, -0.25) is 9.78 Å². The number of thioether (sulfide) groups is 1. The van der Waals surface area contributed by atoms with Gasteiger partial charge in [-0.1, -0.05) is 6.07 Å². The van der Waals surface area contributed by atoms with Crippen LogP contribution in [0.3, 0.4) is 0 Å². The van der Waals surface area contributed by atoms with E-state index in [4.69, 9.17) is 0 Å². The summed E-state index contributed by atoms with van der Waals surface area (Å²) in [5, 5.41) is 9.30. The molecule has 1 saturated heterocycles. The lowest BCUT2D eigenvalue weighted by Crippen LogP contribution is -2.32. The van der Waals surface area contributed by atoms with E-state index >= 15 is 0 Å². The number of carboxylic acid groups (broad SMARTS) is 1. The topological polar surface area (TPSA) is 50.2 Å². The molecule has 2 rings (SSSR count). The molecule has 0 aliphatic carbocycles. The fraction of sp³-hybridized carbons (Fsp3) is 0.500. The maximum absolute atomic E-state index is 11.3. The van der Waals surface area contributed by atoms with E-state index in [1.165, 1.54) is 0 Å². The van der Waals surface area contributed by atoms with Crippen LogP contribution in [0, 0.1) is 0 Å². The second-order valence-electron chi connectivity index (χ2n) is 4.07. The minimum Gasteiger partial charge on any atom is -0.480 e. The molecule has 0 spiro atoms. The Hall–Kier alpha value is -1.03. The van der Waals surface area contributed by atoms with Gasteiger partial charge in [0.2, 0.25) is 0 Å². The number of aryl methyl sites for hydroxylation is 1. The molecule has 1 atom stereocenters. The van der Waals surface area contributed by atoms with E-state index < -0.39 is 10.7 Å². The Kier molecular flexibility index (Phi) is 3.49. The number of carbonyl (C=O) groups is 1. The normalized spacial score (nSPS) is 24.5. The van der Waals surface area contributed by atoms with Crippen molar-refractivity contribution in [3.05, 3.63) is 30.1 Å². The SMILES string of the molecule is O=C(O)C1(CCc2ccccn2)CCCS1. The number of hydrogen-bond acceptors (Lipinski definition) is 3. The first-order valence-electron chi connectivity index (χ1n) is 5.50. The Morgan fingerprint density at radius 3 is 3.00 bits per heavy atom. The molecule has 1 fully saturated rings. The molecule has 4 heteroatoms. The van der Waals surface area contributed by atoms with Crippen molar-refractivity contribution in [2.24, 2.45) is 0 Å². The van der Waals surface area contributed by atoms with Gasteiger partial charge in [-0.05, 0) is 43.6 Å². The van der Waals surface area contributed by atoms with Crippen LogP contribution in [0.15, 0.2) is 24.4 Å². The third-order valence-electron chi connectivity index (χ3n) is 3.00. The fourth-order valence-electron chi connectivity index (χ4n) is 2.05. The molecule has 0 radical (unpaired) electrons. The van der Waals surface area contributed by atoms with Gasteiger partial charge in [0.05, 0.1) is 0 Å². The Morgan fingerprint density at radius 1 is 1.56 bits per heavy atom. The molecule has 16 heavy (non-hydrogen) atoms. The molecule has 0 amide bonds. The Morgan fingerprint density at radius 2 is 2.44 bits per heavy atom. The first-order chi connectivity index (χ1) is 7.73. The summed E-state index contributed by atoms with van der Waals surface area (Å²) in [4.78, 5) is 15.5. The number of aromatic nitrogens is 1. The van der Waals surface area contributed by atoms with Crippen LogP contribution in [-0.4, -0.2) is 26.6 Å². The van der Waals surface area contributed by atoms with E-state index in [9.17, 15) is 9.90 Å². The van der Waals surface area contributed by atoms with Crippen molar-refractivity contribution < 1.29 is 9.90 Å². The van der Waals surface area contributed by atoms with Crippen LogP contribution in [0.2, 0.25) is 0 Å².